The summed E-state index contributed by atoms with van der Waals surface area (Å²) in [7, 11) is 0. The predicted molar refractivity (Wildman–Crippen MR) is 73.2 cm³/mol. The van der Waals surface area contributed by atoms with Gasteiger partial charge in [0.2, 0.25) is 5.89 Å². The summed E-state index contributed by atoms with van der Waals surface area (Å²) in [4.78, 5) is 4.33. The minimum atomic E-state index is -0.350. The number of hydrogen-bond acceptors (Lipinski definition) is 5. The predicted octanol–water partition coefficient (Wildman–Crippen LogP) is 2.76. The molecule has 0 radical (unpaired) electrons. The van der Waals surface area contributed by atoms with Crippen molar-refractivity contribution in [3.63, 3.8) is 0 Å². The molecule has 1 heterocycles. The fourth-order valence-corrected chi connectivity index (χ4v) is 2.10. The zero-order chi connectivity index (χ0) is 13.0. The molecule has 18 heavy (non-hydrogen) atoms. The van der Waals surface area contributed by atoms with Gasteiger partial charge < -0.3 is 10.3 Å². The number of nitrogens with two attached hydrogens (primary N) is 1. The first-order valence-corrected chi connectivity index (χ1v) is 6.96. The summed E-state index contributed by atoms with van der Waals surface area (Å²) < 4.78 is 5.21. The van der Waals surface area contributed by atoms with Crippen LogP contribution >= 0.6 is 11.8 Å². The lowest BCUT2D eigenvalue weighted by Crippen LogP contribution is -2.12. The molecule has 0 aliphatic rings. The molecule has 1 aromatic heterocycles. The van der Waals surface area contributed by atoms with Crippen LogP contribution in [-0.4, -0.2) is 15.4 Å². The summed E-state index contributed by atoms with van der Waals surface area (Å²) in [6.45, 7) is 4.28. The lowest BCUT2D eigenvalue weighted by Gasteiger charge is -2.05. The molecule has 0 spiro atoms. The maximum atomic E-state index is 6.08. The molecule has 0 saturated heterocycles. The van der Waals surface area contributed by atoms with Crippen molar-refractivity contribution in [3.05, 3.63) is 47.6 Å². The first-order chi connectivity index (χ1) is 8.66. The van der Waals surface area contributed by atoms with E-state index in [1.165, 1.54) is 0 Å². The van der Waals surface area contributed by atoms with E-state index in [4.69, 9.17) is 10.3 Å². The van der Waals surface area contributed by atoms with E-state index in [0.29, 0.717) is 17.0 Å². The van der Waals surface area contributed by atoms with Crippen molar-refractivity contribution in [3.8, 4) is 0 Å². The molecule has 5 heteroatoms. The summed E-state index contributed by atoms with van der Waals surface area (Å²) in [5.41, 5.74) is 7.06. The van der Waals surface area contributed by atoms with Crippen molar-refractivity contribution in [1.29, 1.82) is 0 Å². The second kappa shape index (κ2) is 6.02. The highest BCUT2D eigenvalue weighted by Crippen LogP contribution is 2.20. The zero-order valence-electron chi connectivity index (χ0n) is 10.5. The van der Waals surface area contributed by atoms with E-state index in [-0.39, 0.29) is 6.04 Å². The van der Waals surface area contributed by atoms with Crippen LogP contribution in [0.3, 0.4) is 0 Å². The van der Waals surface area contributed by atoms with Gasteiger partial charge in [-0.05, 0) is 10.8 Å². The molecule has 0 aliphatic carbocycles. The highest BCUT2D eigenvalue weighted by atomic mass is 32.2. The van der Waals surface area contributed by atoms with Gasteiger partial charge in [0.25, 0.3) is 0 Å². The quantitative estimate of drug-likeness (QED) is 0.898. The summed E-state index contributed by atoms with van der Waals surface area (Å²) in [6.07, 6.45) is 0. The molecule has 2 aromatic rings. The molecular weight excluding hydrogens is 246 g/mol. The summed E-state index contributed by atoms with van der Waals surface area (Å²) in [6, 6.07) is 9.41. The molecule has 2 N–H and O–H groups in total. The molecule has 0 fully saturated rings. The van der Waals surface area contributed by atoms with Crippen LogP contribution in [0.15, 0.2) is 34.9 Å². The van der Waals surface area contributed by atoms with Crippen LogP contribution in [0.1, 0.15) is 37.2 Å². The van der Waals surface area contributed by atoms with Crippen LogP contribution in [0.4, 0.5) is 0 Å². The Morgan fingerprint density at radius 2 is 2.00 bits per heavy atom. The minimum Gasteiger partial charge on any atom is -0.337 e. The third kappa shape index (κ3) is 3.34. The average Bonchev–Trinajstić information content (AvgIpc) is 2.85. The van der Waals surface area contributed by atoms with Gasteiger partial charge >= 0.3 is 0 Å². The lowest BCUT2D eigenvalue weighted by atomic mass is 10.1. The summed E-state index contributed by atoms with van der Waals surface area (Å²) >= 11 is 1.78. The Labute approximate surface area is 111 Å². The normalized spacial score (nSPS) is 12.9. The molecule has 4 nitrogen and oxygen atoms in total. The SMILES string of the molecule is CC(C)SCc1noc(C(N)c2ccccc2)n1. The molecule has 2 rings (SSSR count). The molecular formula is C13H17N3OS. The van der Waals surface area contributed by atoms with Crippen molar-refractivity contribution in [1.82, 2.24) is 10.1 Å². The molecule has 0 saturated carbocycles. The smallest absolute Gasteiger partial charge is 0.248 e. The van der Waals surface area contributed by atoms with Gasteiger partial charge in [-0.3, -0.25) is 0 Å². The topological polar surface area (TPSA) is 64.9 Å². The Morgan fingerprint density at radius 1 is 1.28 bits per heavy atom. The Kier molecular flexibility index (Phi) is 4.38. The van der Waals surface area contributed by atoms with Crippen LogP contribution in [0.2, 0.25) is 0 Å². The van der Waals surface area contributed by atoms with Crippen molar-refractivity contribution in [2.45, 2.75) is 30.9 Å². The second-order valence-corrected chi connectivity index (χ2v) is 5.86. The largest absolute Gasteiger partial charge is 0.337 e. The van der Waals surface area contributed by atoms with Crippen LogP contribution in [-0.2, 0) is 5.75 Å². The highest BCUT2D eigenvalue weighted by Gasteiger charge is 2.16. The number of aromatic nitrogens is 2. The number of thioether (sulfide) groups is 1. The Hall–Kier alpha value is -1.33. The van der Waals surface area contributed by atoms with E-state index >= 15 is 0 Å². The van der Waals surface area contributed by atoms with Crippen molar-refractivity contribution in [2.24, 2.45) is 5.73 Å². The van der Waals surface area contributed by atoms with Gasteiger partial charge in [-0.1, -0.05) is 49.3 Å². The molecule has 1 atom stereocenters. The van der Waals surface area contributed by atoms with Gasteiger partial charge in [0, 0.05) is 0 Å². The highest BCUT2D eigenvalue weighted by molar-refractivity contribution is 7.99. The summed E-state index contributed by atoms with van der Waals surface area (Å²) in [5, 5.41) is 4.50. The van der Waals surface area contributed by atoms with Crippen LogP contribution < -0.4 is 5.73 Å². The van der Waals surface area contributed by atoms with Gasteiger partial charge in [-0.25, -0.2) is 0 Å². The lowest BCUT2D eigenvalue weighted by molar-refractivity contribution is 0.363. The maximum absolute atomic E-state index is 6.08. The van der Waals surface area contributed by atoms with E-state index < -0.39 is 0 Å². The van der Waals surface area contributed by atoms with E-state index in [1.54, 1.807) is 11.8 Å². The van der Waals surface area contributed by atoms with Crippen LogP contribution in [0.25, 0.3) is 0 Å². The van der Waals surface area contributed by atoms with Gasteiger partial charge in [-0.15, -0.1) is 0 Å². The third-order valence-electron chi connectivity index (χ3n) is 2.45. The Bertz CT molecular complexity index is 484. The minimum absolute atomic E-state index is 0.350. The number of nitrogens with zero attached hydrogens (tertiary/aromatic N) is 2. The first-order valence-electron chi connectivity index (χ1n) is 5.91. The Balaban J connectivity index is 2.06. The van der Waals surface area contributed by atoms with E-state index in [0.717, 1.165) is 11.3 Å². The average molecular weight is 263 g/mol. The van der Waals surface area contributed by atoms with Crippen molar-refractivity contribution in [2.75, 3.05) is 0 Å². The van der Waals surface area contributed by atoms with Crippen LogP contribution in [0, 0.1) is 0 Å². The fraction of sp³-hybridized carbons (Fsp3) is 0.385. The molecule has 0 bridgehead atoms. The zero-order valence-corrected chi connectivity index (χ0v) is 11.4. The number of rotatable bonds is 5. The van der Waals surface area contributed by atoms with E-state index in [1.807, 2.05) is 30.3 Å². The number of benzene rings is 1. The van der Waals surface area contributed by atoms with Gasteiger partial charge in [0.15, 0.2) is 5.82 Å². The molecule has 1 aromatic carbocycles. The second-order valence-electron chi connectivity index (χ2n) is 4.30. The standard InChI is InChI=1S/C13H17N3OS/c1-9(2)18-8-11-15-13(17-16-11)12(14)10-6-4-3-5-7-10/h3-7,9,12H,8,14H2,1-2H3. The monoisotopic (exact) mass is 263 g/mol. The molecule has 1 unspecified atom stereocenters. The molecule has 0 aliphatic heterocycles. The maximum Gasteiger partial charge on any atom is 0.248 e. The van der Waals surface area contributed by atoms with Gasteiger partial charge in [-0.2, -0.15) is 16.7 Å². The molecule has 96 valence electrons. The fourth-order valence-electron chi connectivity index (χ4n) is 1.50. The summed E-state index contributed by atoms with van der Waals surface area (Å²) in [5.74, 6) is 1.93. The first kappa shape index (κ1) is 13.1. The van der Waals surface area contributed by atoms with E-state index in [9.17, 15) is 0 Å². The van der Waals surface area contributed by atoms with Crippen molar-refractivity contribution < 1.29 is 4.52 Å². The van der Waals surface area contributed by atoms with Gasteiger partial charge in [0.05, 0.1) is 5.75 Å². The number of hydrogen-bond donors (Lipinski definition) is 1. The van der Waals surface area contributed by atoms with Crippen LogP contribution in [0.5, 0.6) is 0 Å². The van der Waals surface area contributed by atoms with Gasteiger partial charge in [0.1, 0.15) is 6.04 Å². The third-order valence-corrected chi connectivity index (χ3v) is 3.55. The Morgan fingerprint density at radius 3 is 2.67 bits per heavy atom. The van der Waals surface area contributed by atoms with Crippen molar-refractivity contribution >= 4 is 11.8 Å². The molecule has 0 amide bonds. The van der Waals surface area contributed by atoms with E-state index in [2.05, 4.69) is 24.0 Å².